The summed E-state index contributed by atoms with van der Waals surface area (Å²) in [6.07, 6.45) is 1.86. The quantitative estimate of drug-likeness (QED) is 0.730. The summed E-state index contributed by atoms with van der Waals surface area (Å²) >= 11 is 1.43. The lowest BCUT2D eigenvalue weighted by Crippen LogP contribution is -2.38. The van der Waals surface area contributed by atoms with E-state index in [9.17, 15) is 9.59 Å². The highest BCUT2D eigenvalue weighted by Crippen LogP contribution is 2.27. The third-order valence-corrected chi connectivity index (χ3v) is 6.80. The first-order valence-electron chi connectivity index (χ1n) is 11.2. The van der Waals surface area contributed by atoms with Crippen LogP contribution in [0.25, 0.3) is 0 Å². The number of carbonyl (C=O) groups is 2. The number of piperidine rings is 1. The summed E-state index contributed by atoms with van der Waals surface area (Å²) in [6, 6.07) is 5.88. The maximum Gasteiger partial charge on any atom is 0.273 e. The second-order valence-corrected chi connectivity index (χ2v) is 10.1. The van der Waals surface area contributed by atoms with Crippen LogP contribution in [-0.4, -0.2) is 40.5 Å². The van der Waals surface area contributed by atoms with Crippen molar-refractivity contribution in [3.8, 4) is 0 Å². The van der Waals surface area contributed by atoms with Crippen molar-refractivity contribution in [3.63, 3.8) is 0 Å². The number of thiazole rings is 1. The predicted molar refractivity (Wildman–Crippen MR) is 129 cm³/mol. The van der Waals surface area contributed by atoms with Gasteiger partial charge >= 0.3 is 0 Å². The molecule has 0 aliphatic carbocycles. The standard InChI is InChI=1S/C24H31N5O2S/c1-15-5-6-18(4)21(10-15)29-22(30)8-7-20(27-29)23(31)26-24-25-19(14-32-24)13-28-11-16(2)9-17(3)12-28/h5-6,10,14,16-17H,7-9,11-13H2,1-4H3,(H,25,26,31). The summed E-state index contributed by atoms with van der Waals surface area (Å²) in [4.78, 5) is 32.4. The van der Waals surface area contributed by atoms with E-state index >= 15 is 0 Å². The summed E-state index contributed by atoms with van der Waals surface area (Å²) in [5, 5.41) is 11.2. The number of nitrogens with one attached hydrogen (secondary N) is 1. The SMILES string of the molecule is Cc1ccc(C)c(N2N=C(C(=O)Nc3nc(CN4CC(C)CC(C)C4)cs3)CCC2=O)c1. The molecule has 0 spiro atoms. The van der Waals surface area contributed by atoms with Gasteiger partial charge in [-0.15, -0.1) is 11.3 Å². The van der Waals surface area contributed by atoms with E-state index in [1.165, 1.54) is 22.8 Å². The normalized spacial score (nSPS) is 22.1. The Morgan fingerprint density at radius 1 is 1.19 bits per heavy atom. The number of hydrogen-bond donors (Lipinski definition) is 1. The van der Waals surface area contributed by atoms with Crippen molar-refractivity contribution in [2.24, 2.45) is 16.9 Å². The van der Waals surface area contributed by atoms with Gasteiger partial charge in [-0.1, -0.05) is 26.0 Å². The zero-order chi connectivity index (χ0) is 22.8. The van der Waals surface area contributed by atoms with Gasteiger partial charge in [-0.2, -0.15) is 5.10 Å². The summed E-state index contributed by atoms with van der Waals surface area (Å²) in [5.41, 5.74) is 4.03. The van der Waals surface area contributed by atoms with E-state index in [1.807, 2.05) is 37.4 Å². The Morgan fingerprint density at radius 3 is 2.69 bits per heavy atom. The van der Waals surface area contributed by atoms with E-state index in [-0.39, 0.29) is 18.2 Å². The maximum absolute atomic E-state index is 12.9. The van der Waals surface area contributed by atoms with Crippen molar-refractivity contribution in [2.45, 2.75) is 53.5 Å². The minimum absolute atomic E-state index is 0.100. The Balaban J connectivity index is 1.43. The van der Waals surface area contributed by atoms with Gasteiger partial charge in [0.2, 0.25) is 5.91 Å². The third-order valence-electron chi connectivity index (χ3n) is 5.99. The van der Waals surface area contributed by atoms with Crippen LogP contribution < -0.4 is 10.3 Å². The summed E-state index contributed by atoms with van der Waals surface area (Å²) in [5.74, 6) is 0.998. The van der Waals surface area contributed by atoms with Crippen molar-refractivity contribution < 1.29 is 9.59 Å². The number of aryl methyl sites for hydroxylation is 2. The zero-order valence-electron chi connectivity index (χ0n) is 19.2. The van der Waals surface area contributed by atoms with Crippen molar-refractivity contribution in [2.75, 3.05) is 23.4 Å². The first kappa shape index (κ1) is 22.6. The molecule has 1 aromatic carbocycles. The fraction of sp³-hybridized carbons (Fsp3) is 0.500. The van der Waals surface area contributed by atoms with E-state index in [2.05, 4.69) is 34.1 Å². The first-order chi connectivity index (χ1) is 15.3. The van der Waals surface area contributed by atoms with Gasteiger partial charge in [0.05, 0.1) is 11.4 Å². The molecule has 0 radical (unpaired) electrons. The smallest absolute Gasteiger partial charge is 0.273 e. The molecule has 3 heterocycles. The fourth-order valence-corrected chi connectivity index (χ4v) is 5.31. The molecular weight excluding hydrogens is 422 g/mol. The van der Waals surface area contributed by atoms with Gasteiger partial charge in [0.15, 0.2) is 5.13 Å². The van der Waals surface area contributed by atoms with Gasteiger partial charge in [0.1, 0.15) is 5.71 Å². The molecule has 1 saturated heterocycles. The van der Waals surface area contributed by atoms with Crippen molar-refractivity contribution in [1.29, 1.82) is 0 Å². The number of hydrazone groups is 1. The van der Waals surface area contributed by atoms with Crippen LogP contribution >= 0.6 is 11.3 Å². The summed E-state index contributed by atoms with van der Waals surface area (Å²) < 4.78 is 0. The van der Waals surface area contributed by atoms with Crippen LogP contribution in [0.2, 0.25) is 0 Å². The molecule has 2 aliphatic rings. The number of aromatic nitrogens is 1. The van der Waals surface area contributed by atoms with Crippen molar-refractivity contribution in [3.05, 3.63) is 40.4 Å². The van der Waals surface area contributed by atoms with Gasteiger partial charge < -0.3 is 0 Å². The first-order valence-corrected chi connectivity index (χ1v) is 12.1. The number of carbonyl (C=O) groups excluding carboxylic acids is 2. The number of amides is 2. The second kappa shape index (κ2) is 9.50. The lowest BCUT2D eigenvalue weighted by Gasteiger charge is -2.34. The van der Waals surface area contributed by atoms with E-state index in [0.717, 1.165) is 42.1 Å². The Labute approximate surface area is 193 Å². The molecule has 1 fully saturated rings. The zero-order valence-corrected chi connectivity index (χ0v) is 20.0. The molecule has 2 atom stereocenters. The molecular formula is C24H31N5O2S. The van der Waals surface area contributed by atoms with Crippen LogP contribution in [0, 0.1) is 25.7 Å². The Morgan fingerprint density at radius 2 is 1.94 bits per heavy atom. The maximum atomic E-state index is 12.9. The predicted octanol–water partition coefficient (Wildman–Crippen LogP) is 4.36. The molecule has 7 nitrogen and oxygen atoms in total. The molecule has 32 heavy (non-hydrogen) atoms. The third kappa shape index (κ3) is 5.24. The highest BCUT2D eigenvalue weighted by atomic mass is 32.1. The lowest BCUT2D eigenvalue weighted by atomic mass is 9.92. The van der Waals surface area contributed by atoms with Crippen LogP contribution in [0.1, 0.15) is 49.9 Å². The molecule has 2 aliphatic heterocycles. The molecule has 1 N–H and O–H groups in total. The second-order valence-electron chi connectivity index (χ2n) is 9.28. The van der Waals surface area contributed by atoms with Crippen LogP contribution in [-0.2, 0) is 16.1 Å². The average Bonchev–Trinajstić information content (AvgIpc) is 3.16. The van der Waals surface area contributed by atoms with Crippen LogP contribution in [0.15, 0.2) is 28.7 Å². The Hall–Kier alpha value is -2.58. The monoisotopic (exact) mass is 453 g/mol. The van der Waals surface area contributed by atoms with Crippen molar-refractivity contribution in [1.82, 2.24) is 9.88 Å². The Kier molecular flexibility index (Phi) is 6.71. The fourth-order valence-electron chi connectivity index (χ4n) is 4.61. The number of hydrogen-bond acceptors (Lipinski definition) is 6. The van der Waals surface area contributed by atoms with Crippen molar-refractivity contribution >= 4 is 39.7 Å². The van der Waals surface area contributed by atoms with Gasteiger partial charge in [-0.05, 0) is 49.3 Å². The minimum Gasteiger partial charge on any atom is -0.297 e. The molecule has 2 amide bonds. The largest absolute Gasteiger partial charge is 0.297 e. The van der Waals surface area contributed by atoms with E-state index in [0.29, 0.717) is 29.1 Å². The molecule has 0 saturated carbocycles. The highest BCUT2D eigenvalue weighted by Gasteiger charge is 2.27. The average molecular weight is 454 g/mol. The topological polar surface area (TPSA) is 77.9 Å². The van der Waals surface area contributed by atoms with E-state index < -0.39 is 0 Å². The molecule has 0 bridgehead atoms. The molecule has 1 aromatic heterocycles. The highest BCUT2D eigenvalue weighted by molar-refractivity contribution is 7.14. The molecule has 170 valence electrons. The van der Waals surface area contributed by atoms with Crippen LogP contribution in [0.5, 0.6) is 0 Å². The van der Waals surface area contributed by atoms with Gasteiger partial charge in [0.25, 0.3) is 5.91 Å². The number of rotatable bonds is 5. The van der Waals surface area contributed by atoms with Gasteiger partial charge in [-0.3, -0.25) is 19.8 Å². The van der Waals surface area contributed by atoms with Gasteiger partial charge in [-0.25, -0.2) is 9.99 Å². The molecule has 8 heteroatoms. The summed E-state index contributed by atoms with van der Waals surface area (Å²) in [7, 11) is 0. The molecule has 2 unspecified atom stereocenters. The number of nitrogens with zero attached hydrogens (tertiary/aromatic N) is 4. The number of benzene rings is 1. The van der Waals surface area contributed by atoms with Gasteiger partial charge in [0, 0.05) is 37.9 Å². The number of likely N-dealkylation sites (tertiary alicyclic amines) is 1. The summed E-state index contributed by atoms with van der Waals surface area (Å²) in [6.45, 7) is 11.5. The van der Waals surface area contributed by atoms with E-state index in [4.69, 9.17) is 0 Å². The van der Waals surface area contributed by atoms with E-state index in [1.54, 1.807) is 0 Å². The molecule has 4 rings (SSSR count). The lowest BCUT2D eigenvalue weighted by molar-refractivity contribution is -0.118. The number of anilines is 2. The van der Waals surface area contributed by atoms with Crippen LogP contribution in [0.4, 0.5) is 10.8 Å². The molecule has 2 aromatic rings. The van der Waals surface area contributed by atoms with Crippen LogP contribution in [0.3, 0.4) is 0 Å². The minimum atomic E-state index is -0.297. The Bertz CT molecular complexity index is 1040.